The number of pyridine rings is 1. The highest BCUT2D eigenvalue weighted by molar-refractivity contribution is 5.92. The summed E-state index contributed by atoms with van der Waals surface area (Å²) in [5.74, 6) is -0.421. The Morgan fingerprint density at radius 1 is 1.50 bits per heavy atom. The summed E-state index contributed by atoms with van der Waals surface area (Å²) in [6.07, 6.45) is 2.19. The fourth-order valence-electron chi connectivity index (χ4n) is 1.39. The van der Waals surface area contributed by atoms with Crippen LogP contribution in [0.25, 0.3) is 0 Å². The van der Waals surface area contributed by atoms with Crippen LogP contribution in [0.3, 0.4) is 0 Å². The van der Waals surface area contributed by atoms with Gasteiger partial charge < -0.3 is 16.2 Å². The topological polar surface area (TPSA) is 105 Å². The molecule has 1 heterocycles. The summed E-state index contributed by atoms with van der Waals surface area (Å²) in [5.41, 5.74) is 5.46. The maximum absolute atomic E-state index is 10.8. The Labute approximate surface area is 105 Å². The van der Waals surface area contributed by atoms with Crippen LogP contribution in [0.5, 0.6) is 0 Å². The SMILES string of the molecule is CC(CCC(=O)O)CNc1ccc(C(N)=O)cn1. The molecule has 18 heavy (non-hydrogen) atoms. The highest BCUT2D eigenvalue weighted by Crippen LogP contribution is 2.09. The van der Waals surface area contributed by atoms with Crippen LogP contribution >= 0.6 is 0 Å². The first-order valence-electron chi connectivity index (χ1n) is 5.70. The van der Waals surface area contributed by atoms with E-state index >= 15 is 0 Å². The van der Waals surface area contributed by atoms with Crippen LogP contribution in [0, 0.1) is 5.92 Å². The van der Waals surface area contributed by atoms with Gasteiger partial charge in [-0.25, -0.2) is 4.98 Å². The van der Waals surface area contributed by atoms with Crippen LogP contribution in [0.1, 0.15) is 30.1 Å². The molecule has 6 nitrogen and oxygen atoms in total. The van der Waals surface area contributed by atoms with E-state index in [4.69, 9.17) is 10.8 Å². The number of carboxylic acids is 1. The molecule has 0 aliphatic heterocycles. The van der Waals surface area contributed by atoms with Gasteiger partial charge in [0, 0.05) is 19.2 Å². The first kappa shape index (κ1) is 14.0. The van der Waals surface area contributed by atoms with Gasteiger partial charge in [-0.2, -0.15) is 0 Å². The Morgan fingerprint density at radius 2 is 2.22 bits per heavy atom. The molecule has 0 saturated carbocycles. The molecular formula is C12H17N3O3. The van der Waals surface area contributed by atoms with Crippen molar-refractivity contribution in [1.29, 1.82) is 0 Å². The van der Waals surface area contributed by atoms with E-state index in [1.807, 2.05) is 6.92 Å². The Bertz CT molecular complexity index is 417. The van der Waals surface area contributed by atoms with E-state index in [0.717, 1.165) is 0 Å². The second kappa shape index (κ2) is 6.58. The van der Waals surface area contributed by atoms with Gasteiger partial charge in [0.2, 0.25) is 5.91 Å². The monoisotopic (exact) mass is 251 g/mol. The maximum Gasteiger partial charge on any atom is 0.303 e. The molecule has 0 radical (unpaired) electrons. The maximum atomic E-state index is 10.8. The number of carbonyl (C=O) groups is 2. The highest BCUT2D eigenvalue weighted by atomic mass is 16.4. The van der Waals surface area contributed by atoms with Gasteiger partial charge in [0.05, 0.1) is 5.56 Å². The van der Waals surface area contributed by atoms with Crippen molar-refractivity contribution in [1.82, 2.24) is 4.98 Å². The lowest BCUT2D eigenvalue weighted by Crippen LogP contribution is -2.14. The lowest BCUT2D eigenvalue weighted by Gasteiger charge is -2.11. The molecule has 0 aliphatic rings. The van der Waals surface area contributed by atoms with E-state index in [2.05, 4.69) is 10.3 Å². The van der Waals surface area contributed by atoms with Crippen LogP contribution in [0.4, 0.5) is 5.82 Å². The van der Waals surface area contributed by atoms with Crippen molar-refractivity contribution in [2.75, 3.05) is 11.9 Å². The van der Waals surface area contributed by atoms with Gasteiger partial charge in [-0.1, -0.05) is 6.92 Å². The van der Waals surface area contributed by atoms with Crippen molar-refractivity contribution in [3.05, 3.63) is 23.9 Å². The normalized spacial score (nSPS) is 11.8. The predicted molar refractivity (Wildman–Crippen MR) is 67.3 cm³/mol. The molecule has 0 saturated heterocycles. The second-order valence-electron chi connectivity index (χ2n) is 4.21. The average Bonchev–Trinajstić information content (AvgIpc) is 2.34. The van der Waals surface area contributed by atoms with E-state index in [0.29, 0.717) is 24.3 Å². The van der Waals surface area contributed by atoms with Crippen molar-refractivity contribution in [3.63, 3.8) is 0 Å². The van der Waals surface area contributed by atoms with Gasteiger partial charge in [0.1, 0.15) is 5.82 Å². The van der Waals surface area contributed by atoms with Crippen LogP contribution < -0.4 is 11.1 Å². The summed E-state index contributed by atoms with van der Waals surface area (Å²) in [7, 11) is 0. The first-order valence-corrected chi connectivity index (χ1v) is 5.70. The quantitative estimate of drug-likeness (QED) is 0.672. The molecule has 1 unspecified atom stereocenters. The zero-order valence-electron chi connectivity index (χ0n) is 10.2. The van der Waals surface area contributed by atoms with Gasteiger partial charge in [0.15, 0.2) is 0 Å². The summed E-state index contributed by atoms with van der Waals surface area (Å²) in [4.78, 5) is 25.3. The van der Waals surface area contributed by atoms with Crippen molar-refractivity contribution in [3.8, 4) is 0 Å². The molecule has 1 aromatic rings. The number of primary amides is 1. The number of aliphatic carboxylic acids is 1. The standard InChI is InChI=1S/C12H17N3O3/c1-8(2-5-11(16)17)6-14-10-4-3-9(7-15-10)12(13)18/h3-4,7-8H,2,5-6H2,1H3,(H2,13,18)(H,14,15)(H,16,17). The summed E-state index contributed by atoms with van der Waals surface area (Å²) in [5, 5.41) is 11.6. The summed E-state index contributed by atoms with van der Waals surface area (Å²) < 4.78 is 0. The van der Waals surface area contributed by atoms with E-state index in [1.54, 1.807) is 12.1 Å². The Kier molecular flexibility index (Phi) is 5.10. The Balaban J connectivity index is 2.39. The van der Waals surface area contributed by atoms with Gasteiger partial charge in [0.25, 0.3) is 0 Å². The van der Waals surface area contributed by atoms with Crippen LogP contribution in [0.15, 0.2) is 18.3 Å². The second-order valence-corrected chi connectivity index (χ2v) is 4.21. The average molecular weight is 251 g/mol. The highest BCUT2D eigenvalue weighted by Gasteiger charge is 2.06. The minimum absolute atomic E-state index is 0.164. The number of aromatic nitrogens is 1. The third-order valence-corrected chi connectivity index (χ3v) is 2.53. The molecule has 0 spiro atoms. The minimum Gasteiger partial charge on any atom is -0.481 e. The molecule has 0 aliphatic carbocycles. The van der Waals surface area contributed by atoms with E-state index in [1.165, 1.54) is 6.20 Å². The van der Waals surface area contributed by atoms with E-state index in [9.17, 15) is 9.59 Å². The van der Waals surface area contributed by atoms with Crippen molar-refractivity contribution in [2.45, 2.75) is 19.8 Å². The molecule has 0 aromatic carbocycles. The number of carboxylic acid groups (broad SMARTS) is 1. The van der Waals surface area contributed by atoms with Crippen molar-refractivity contribution >= 4 is 17.7 Å². The summed E-state index contributed by atoms with van der Waals surface area (Å²) in [6, 6.07) is 3.27. The summed E-state index contributed by atoms with van der Waals surface area (Å²) >= 11 is 0. The van der Waals surface area contributed by atoms with Crippen LogP contribution in [0.2, 0.25) is 0 Å². The number of amides is 1. The molecule has 6 heteroatoms. The minimum atomic E-state index is -0.786. The van der Waals surface area contributed by atoms with Crippen LogP contribution in [-0.2, 0) is 4.79 Å². The summed E-state index contributed by atoms with van der Waals surface area (Å²) in [6.45, 7) is 2.60. The van der Waals surface area contributed by atoms with Gasteiger partial charge >= 0.3 is 5.97 Å². The number of hydrogen-bond donors (Lipinski definition) is 3. The molecular weight excluding hydrogens is 234 g/mol. The Morgan fingerprint density at radius 3 is 2.72 bits per heavy atom. The molecule has 4 N–H and O–H groups in total. The lowest BCUT2D eigenvalue weighted by atomic mass is 10.1. The molecule has 1 atom stereocenters. The van der Waals surface area contributed by atoms with E-state index < -0.39 is 11.9 Å². The fourth-order valence-corrected chi connectivity index (χ4v) is 1.39. The number of nitrogens with one attached hydrogen (secondary N) is 1. The number of carbonyl (C=O) groups excluding carboxylic acids is 1. The van der Waals surface area contributed by atoms with Crippen molar-refractivity contribution < 1.29 is 14.7 Å². The number of rotatable bonds is 7. The fraction of sp³-hybridized carbons (Fsp3) is 0.417. The number of anilines is 1. The largest absolute Gasteiger partial charge is 0.481 e. The van der Waals surface area contributed by atoms with E-state index in [-0.39, 0.29) is 12.3 Å². The molecule has 1 aromatic heterocycles. The number of nitrogens with zero attached hydrogens (tertiary/aromatic N) is 1. The Hall–Kier alpha value is -2.11. The smallest absolute Gasteiger partial charge is 0.303 e. The molecule has 0 fully saturated rings. The van der Waals surface area contributed by atoms with Gasteiger partial charge in [-0.3, -0.25) is 9.59 Å². The van der Waals surface area contributed by atoms with Crippen molar-refractivity contribution in [2.24, 2.45) is 11.7 Å². The molecule has 1 amide bonds. The van der Waals surface area contributed by atoms with Gasteiger partial charge in [-0.15, -0.1) is 0 Å². The predicted octanol–water partition coefficient (Wildman–Crippen LogP) is 1.09. The number of nitrogens with two attached hydrogens (primary N) is 1. The third-order valence-electron chi connectivity index (χ3n) is 2.53. The lowest BCUT2D eigenvalue weighted by molar-refractivity contribution is -0.137. The molecule has 0 bridgehead atoms. The molecule has 1 rings (SSSR count). The molecule has 98 valence electrons. The third kappa shape index (κ3) is 4.82. The zero-order chi connectivity index (χ0) is 13.5. The van der Waals surface area contributed by atoms with Crippen LogP contribution in [-0.4, -0.2) is 28.5 Å². The number of hydrogen-bond acceptors (Lipinski definition) is 4. The first-order chi connectivity index (χ1) is 8.49. The zero-order valence-corrected chi connectivity index (χ0v) is 10.2. The van der Waals surface area contributed by atoms with Gasteiger partial charge in [-0.05, 0) is 24.5 Å².